The van der Waals surface area contributed by atoms with Crippen molar-refractivity contribution in [1.29, 1.82) is 0 Å². The number of benzene rings is 2. The SMILES string of the molecule is O=C(Cc1c(Sc2ccc(Cl)cc2)[nH]c2ccccc12)NC[C@@H]1CCCO1. The van der Waals surface area contributed by atoms with Crippen molar-refractivity contribution in [1.82, 2.24) is 10.3 Å². The Bertz CT molecular complexity index is 933. The maximum atomic E-state index is 12.6. The van der Waals surface area contributed by atoms with Crippen LogP contribution in [0.2, 0.25) is 5.02 Å². The molecule has 0 aliphatic carbocycles. The number of halogens is 1. The van der Waals surface area contributed by atoms with E-state index in [1.165, 1.54) is 0 Å². The fraction of sp³-hybridized carbons (Fsp3) is 0.286. The van der Waals surface area contributed by atoms with Crippen LogP contribution >= 0.6 is 23.4 Å². The molecule has 1 saturated heterocycles. The van der Waals surface area contributed by atoms with E-state index in [0.29, 0.717) is 18.0 Å². The molecule has 1 aromatic heterocycles. The predicted octanol–water partition coefficient (Wildman–Crippen LogP) is 4.81. The highest BCUT2D eigenvalue weighted by atomic mass is 35.5. The molecule has 0 spiro atoms. The maximum absolute atomic E-state index is 12.6. The van der Waals surface area contributed by atoms with Crippen LogP contribution in [0.5, 0.6) is 0 Å². The molecule has 4 rings (SSSR count). The molecule has 0 radical (unpaired) electrons. The summed E-state index contributed by atoms with van der Waals surface area (Å²) in [4.78, 5) is 17.1. The molecule has 2 heterocycles. The molecular weight excluding hydrogens is 380 g/mol. The molecule has 1 amide bonds. The average Bonchev–Trinajstić information content (AvgIpc) is 3.31. The van der Waals surface area contributed by atoms with Crippen LogP contribution in [0.15, 0.2) is 58.5 Å². The van der Waals surface area contributed by atoms with E-state index in [1.807, 2.05) is 42.5 Å². The highest BCUT2D eigenvalue weighted by Crippen LogP contribution is 2.35. The number of para-hydroxylation sites is 1. The lowest BCUT2D eigenvalue weighted by Crippen LogP contribution is -2.32. The monoisotopic (exact) mass is 400 g/mol. The van der Waals surface area contributed by atoms with E-state index in [1.54, 1.807) is 11.8 Å². The van der Waals surface area contributed by atoms with Crippen molar-refractivity contribution >= 4 is 40.2 Å². The van der Waals surface area contributed by atoms with E-state index in [4.69, 9.17) is 16.3 Å². The number of aromatic nitrogens is 1. The van der Waals surface area contributed by atoms with E-state index in [-0.39, 0.29) is 12.0 Å². The standard InChI is InChI=1S/C21H21ClN2O2S/c22-14-7-9-16(10-8-14)27-21-18(17-5-1-2-6-19(17)24-21)12-20(25)23-13-15-4-3-11-26-15/h1-2,5-10,15,24H,3-4,11-13H2,(H,23,25)/t15-/m0/s1. The third-order valence-corrected chi connectivity index (χ3v) is 6.01. The molecule has 6 heteroatoms. The van der Waals surface area contributed by atoms with Crippen molar-refractivity contribution in [3.8, 4) is 0 Å². The second-order valence-electron chi connectivity index (χ2n) is 6.65. The summed E-state index contributed by atoms with van der Waals surface area (Å²) in [6.45, 7) is 1.38. The van der Waals surface area contributed by atoms with Gasteiger partial charge in [0.05, 0.1) is 17.6 Å². The van der Waals surface area contributed by atoms with Gasteiger partial charge in [-0.25, -0.2) is 0 Å². The van der Waals surface area contributed by atoms with Gasteiger partial charge >= 0.3 is 0 Å². The number of fused-ring (bicyclic) bond motifs is 1. The Balaban J connectivity index is 1.54. The van der Waals surface area contributed by atoms with Gasteiger partial charge in [0.25, 0.3) is 0 Å². The summed E-state index contributed by atoms with van der Waals surface area (Å²) < 4.78 is 5.59. The molecule has 2 N–H and O–H groups in total. The van der Waals surface area contributed by atoms with E-state index in [9.17, 15) is 4.79 Å². The first-order valence-electron chi connectivity index (χ1n) is 9.10. The lowest BCUT2D eigenvalue weighted by atomic mass is 10.1. The molecule has 1 aliphatic heterocycles. The Kier molecular flexibility index (Phi) is 5.72. The van der Waals surface area contributed by atoms with E-state index < -0.39 is 0 Å². The Labute approximate surface area is 167 Å². The molecule has 27 heavy (non-hydrogen) atoms. The molecule has 0 bridgehead atoms. The van der Waals surface area contributed by atoms with E-state index >= 15 is 0 Å². The van der Waals surface area contributed by atoms with Crippen LogP contribution in [0, 0.1) is 0 Å². The maximum Gasteiger partial charge on any atom is 0.224 e. The van der Waals surface area contributed by atoms with Gasteiger partial charge in [-0.15, -0.1) is 0 Å². The number of ether oxygens (including phenoxy) is 1. The number of hydrogen-bond donors (Lipinski definition) is 2. The van der Waals surface area contributed by atoms with Gasteiger partial charge < -0.3 is 15.0 Å². The summed E-state index contributed by atoms with van der Waals surface area (Å²) in [5, 5.41) is 5.81. The first-order chi connectivity index (χ1) is 13.2. The summed E-state index contributed by atoms with van der Waals surface area (Å²) in [5.74, 6) is 0.0215. The van der Waals surface area contributed by atoms with Crippen molar-refractivity contribution in [2.24, 2.45) is 0 Å². The minimum absolute atomic E-state index is 0.0215. The van der Waals surface area contributed by atoms with Gasteiger partial charge in [0.2, 0.25) is 5.91 Å². The van der Waals surface area contributed by atoms with Crippen molar-refractivity contribution in [2.75, 3.05) is 13.2 Å². The van der Waals surface area contributed by atoms with Gasteiger partial charge in [0.1, 0.15) is 0 Å². The molecular formula is C21H21ClN2O2S. The third kappa shape index (κ3) is 4.49. The van der Waals surface area contributed by atoms with Gasteiger partial charge in [-0.05, 0) is 43.2 Å². The molecule has 4 nitrogen and oxygen atoms in total. The second-order valence-corrected chi connectivity index (χ2v) is 8.17. The van der Waals surface area contributed by atoms with Crippen LogP contribution < -0.4 is 5.32 Å². The topological polar surface area (TPSA) is 54.1 Å². The van der Waals surface area contributed by atoms with Crippen LogP contribution in [-0.4, -0.2) is 30.1 Å². The summed E-state index contributed by atoms with van der Waals surface area (Å²) in [7, 11) is 0. The number of hydrogen-bond acceptors (Lipinski definition) is 3. The summed E-state index contributed by atoms with van der Waals surface area (Å²) in [6, 6.07) is 15.8. The summed E-state index contributed by atoms with van der Waals surface area (Å²) in [5.41, 5.74) is 2.06. The number of amides is 1. The van der Waals surface area contributed by atoms with Crippen LogP contribution in [-0.2, 0) is 16.0 Å². The minimum Gasteiger partial charge on any atom is -0.376 e. The molecule has 1 aliphatic rings. The van der Waals surface area contributed by atoms with E-state index in [2.05, 4.69) is 16.4 Å². The van der Waals surface area contributed by atoms with Gasteiger partial charge in [0.15, 0.2) is 0 Å². The Hall–Kier alpha value is -1.95. The zero-order valence-electron chi connectivity index (χ0n) is 14.8. The quantitative estimate of drug-likeness (QED) is 0.624. The molecule has 2 aromatic carbocycles. The Morgan fingerprint density at radius 1 is 1.22 bits per heavy atom. The Morgan fingerprint density at radius 3 is 2.81 bits per heavy atom. The predicted molar refractivity (Wildman–Crippen MR) is 110 cm³/mol. The number of nitrogens with one attached hydrogen (secondary N) is 2. The van der Waals surface area contributed by atoms with Crippen LogP contribution in [0.25, 0.3) is 10.9 Å². The zero-order chi connectivity index (χ0) is 18.6. The molecule has 0 saturated carbocycles. The largest absolute Gasteiger partial charge is 0.376 e. The molecule has 3 aromatic rings. The smallest absolute Gasteiger partial charge is 0.224 e. The fourth-order valence-electron chi connectivity index (χ4n) is 3.31. The number of carbonyl (C=O) groups excluding carboxylic acids is 1. The number of rotatable bonds is 6. The van der Waals surface area contributed by atoms with Gasteiger partial charge in [-0.3, -0.25) is 4.79 Å². The molecule has 1 atom stereocenters. The third-order valence-electron chi connectivity index (χ3n) is 4.70. The van der Waals surface area contributed by atoms with Crippen molar-refractivity contribution in [2.45, 2.75) is 35.3 Å². The minimum atomic E-state index is 0.0215. The highest BCUT2D eigenvalue weighted by Gasteiger charge is 2.19. The van der Waals surface area contributed by atoms with Gasteiger partial charge in [-0.2, -0.15) is 0 Å². The molecule has 0 unspecified atom stereocenters. The van der Waals surface area contributed by atoms with Crippen LogP contribution in [0.3, 0.4) is 0 Å². The van der Waals surface area contributed by atoms with Crippen molar-refractivity contribution in [3.05, 3.63) is 59.1 Å². The average molecular weight is 401 g/mol. The first kappa shape index (κ1) is 18.4. The first-order valence-corrected chi connectivity index (χ1v) is 10.3. The number of aromatic amines is 1. The second kappa shape index (κ2) is 8.38. The molecule has 1 fully saturated rings. The van der Waals surface area contributed by atoms with Gasteiger partial charge in [0, 0.05) is 39.5 Å². The zero-order valence-corrected chi connectivity index (χ0v) is 16.4. The number of carbonyl (C=O) groups is 1. The van der Waals surface area contributed by atoms with Gasteiger partial charge in [-0.1, -0.05) is 41.6 Å². The molecule has 140 valence electrons. The van der Waals surface area contributed by atoms with Crippen molar-refractivity contribution in [3.63, 3.8) is 0 Å². The van der Waals surface area contributed by atoms with Crippen LogP contribution in [0.1, 0.15) is 18.4 Å². The van der Waals surface area contributed by atoms with Crippen molar-refractivity contribution < 1.29 is 9.53 Å². The fourth-order valence-corrected chi connectivity index (χ4v) is 4.41. The summed E-state index contributed by atoms with van der Waals surface area (Å²) in [6.07, 6.45) is 2.59. The van der Waals surface area contributed by atoms with Crippen LogP contribution in [0.4, 0.5) is 0 Å². The Morgan fingerprint density at radius 2 is 2.04 bits per heavy atom. The number of H-pyrrole nitrogens is 1. The van der Waals surface area contributed by atoms with E-state index in [0.717, 1.165) is 45.8 Å². The highest BCUT2D eigenvalue weighted by molar-refractivity contribution is 7.99. The normalized spacial score (nSPS) is 16.7. The lowest BCUT2D eigenvalue weighted by Gasteiger charge is -2.11. The lowest BCUT2D eigenvalue weighted by molar-refractivity contribution is -0.120. The summed E-state index contributed by atoms with van der Waals surface area (Å²) >= 11 is 7.60.